The van der Waals surface area contributed by atoms with E-state index in [4.69, 9.17) is 9.94 Å². The van der Waals surface area contributed by atoms with E-state index in [0.717, 1.165) is 9.87 Å². The highest BCUT2D eigenvalue weighted by atomic mass is 32.2. The number of nitrogens with one attached hydrogen (secondary N) is 1. The van der Waals surface area contributed by atoms with Crippen molar-refractivity contribution in [2.45, 2.75) is 23.9 Å². The number of carbonyl (C=O) groups is 2. The van der Waals surface area contributed by atoms with Gasteiger partial charge >= 0.3 is 0 Å². The lowest BCUT2D eigenvalue weighted by atomic mass is 10.1. The molecule has 1 unspecified atom stereocenters. The summed E-state index contributed by atoms with van der Waals surface area (Å²) in [6.07, 6.45) is -0.380. The van der Waals surface area contributed by atoms with E-state index in [1.807, 2.05) is 30.3 Å². The molecule has 2 aromatic carbocycles. The van der Waals surface area contributed by atoms with Gasteiger partial charge in [0.2, 0.25) is 15.9 Å². The average Bonchev–Trinajstić information content (AvgIpc) is 2.75. The smallest absolute Gasteiger partial charge is 0.262 e. The maximum atomic E-state index is 13.2. The molecular weight excluding hydrogens is 398 g/mol. The molecule has 29 heavy (non-hydrogen) atoms. The van der Waals surface area contributed by atoms with Gasteiger partial charge in [0.25, 0.3) is 5.91 Å². The summed E-state index contributed by atoms with van der Waals surface area (Å²) in [6.45, 7) is -0.123. The largest absolute Gasteiger partial charge is 0.497 e. The van der Waals surface area contributed by atoms with Crippen LogP contribution in [0.25, 0.3) is 0 Å². The molecule has 0 bridgehead atoms. The van der Waals surface area contributed by atoms with E-state index in [1.54, 1.807) is 0 Å². The number of hydroxylamine groups is 1. The Hall–Kier alpha value is -2.95. The zero-order chi connectivity index (χ0) is 21.0. The quantitative estimate of drug-likeness (QED) is 0.532. The third kappa shape index (κ3) is 4.39. The molecule has 1 aliphatic heterocycles. The van der Waals surface area contributed by atoms with Crippen LogP contribution in [-0.2, 0) is 26.2 Å². The van der Waals surface area contributed by atoms with Crippen molar-refractivity contribution in [2.75, 3.05) is 13.8 Å². The SMILES string of the molecule is COc1ccc(S(=O)(=O)N2CN(Cc3ccccc3)C(=O)CC2C(=O)NO)cc1. The van der Waals surface area contributed by atoms with E-state index in [9.17, 15) is 18.0 Å². The number of nitrogens with zero attached hydrogens (tertiary/aromatic N) is 2. The summed E-state index contributed by atoms with van der Waals surface area (Å²) in [6, 6.07) is 13.5. The van der Waals surface area contributed by atoms with Crippen molar-refractivity contribution in [2.24, 2.45) is 0 Å². The monoisotopic (exact) mass is 419 g/mol. The van der Waals surface area contributed by atoms with Gasteiger partial charge in [0.05, 0.1) is 25.1 Å². The molecule has 2 amide bonds. The third-order valence-corrected chi connectivity index (χ3v) is 6.53. The van der Waals surface area contributed by atoms with Crippen molar-refractivity contribution in [1.82, 2.24) is 14.7 Å². The van der Waals surface area contributed by atoms with Crippen molar-refractivity contribution in [3.05, 3.63) is 60.2 Å². The van der Waals surface area contributed by atoms with Crippen LogP contribution < -0.4 is 10.2 Å². The van der Waals surface area contributed by atoms with Crippen LogP contribution in [-0.4, -0.2) is 54.5 Å². The minimum atomic E-state index is -4.13. The molecule has 1 saturated heterocycles. The molecule has 0 aliphatic carbocycles. The van der Waals surface area contributed by atoms with Gasteiger partial charge in [0, 0.05) is 6.54 Å². The second kappa shape index (κ2) is 8.60. The van der Waals surface area contributed by atoms with Crippen molar-refractivity contribution < 1.29 is 28.0 Å². The van der Waals surface area contributed by atoms with Crippen molar-refractivity contribution in [3.8, 4) is 5.75 Å². The topological polar surface area (TPSA) is 116 Å². The molecule has 0 aromatic heterocycles. The number of methoxy groups -OCH3 is 1. The molecule has 3 rings (SSSR count). The first-order valence-electron chi connectivity index (χ1n) is 8.78. The van der Waals surface area contributed by atoms with Gasteiger partial charge in [-0.2, -0.15) is 4.31 Å². The highest BCUT2D eigenvalue weighted by molar-refractivity contribution is 7.89. The van der Waals surface area contributed by atoms with Crippen LogP contribution in [0, 0.1) is 0 Å². The highest BCUT2D eigenvalue weighted by Crippen LogP contribution is 2.26. The summed E-state index contributed by atoms with van der Waals surface area (Å²) in [5.41, 5.74) is 2.28. The Labute approximate surface area is 168 Å². The average molecular weight is 419 g/mol. The Morgan fingerprint density at radius 1 is 1.17 bits per heavy atom. The Balaban J connectivity index is 1.93. The molecule has 154 valence electrons. The van der Waals surface area contributed by atoms with E-state index in [0.29, 0.717) is 5.75 Å². The zero-order valence-corrected chi connectivity index (χ0v) is 16.5. The molecule has 1 heterocycles. The van der Waals surface area contributed by atoms with E-state index in [2.05, 4.69) is 0 Å². The third-order valence-electron chi connectivity index (χ3n) is 4.67. The van der Waals surface area contributed by atoms with Crippen LogP contribution in [0.5, 0.6) is 5.75 Å². The fourth-order valence-corrected chi connectivity index (χ4v) is 4.66. The predicted molar refractivity (Wildman–Crippen MR) is 102 cm³/mol. The Kier molecular flexibility index (Phi) is 6.16. The highest BCUT2D eigenvalue weighted by Gasteiger charge is 2.43. The fourth-order valence-electron chi connectivity index (χ4n) is 3.11. The molecule has 2 N–H and O–H groups in total. The van der Waals surface area contributed by atoms with E-state index >= 15 is 0 Å². The number of ether oxygens (including phenoxy) is 1. The number of rotatable bonds is 6. The summed E-state index contributed by atoms with van der Waals surface area (Å²) in [7, 11) is -2.67. The lowest BCUT2D eigenvalue weighted by Crippen LogP contribution is -2.59. The summed E-state index contributed by atoms with van der Waals surface area (Å²) < 4.78 is 32.4. The summed E-state index contributed by atoms with van der Waals surface area (Å²) in [5.74, 6) is -0.869. The number of carbonyl (C=O) groups excluding carboxylic acids is 2. The van der Waals surface area contributed by atoms with Crippen molar-refractivity contribution in [1.29, 1.82) is 0 Å². The number of hydrogen-bond donors (Lipinski definition) is 2. The van der Waals surface area contributed by atoms with Gasteiger partial charge in [0.1, 0.15) is 11.8 Å². The number of amides is 2. The number of sulfonamides is 1. The first-order valence-corrected chi connectivity index (χ1v) is 10.2. The van der Waals surface area contributed by atoms with Crippen LogP contribution >= 0.6 is 0 Å². The standard InChI is InChI=1S/C19H21N3O6S/c1-28-15-7-9-16(10-8-15)29(26,27)22-13-21(12-14-5-3-2-4-6-14)18(23)11-17(22)19(24)20-25/h2-10,17,25H,11-13H2,1H3,(H,20,24). The Bertz CT molecular complexity index is 979. The van der Waals surface area contributed by atoms with Gasteiger partial charge < -0.3 is 9.64 Å². The molecule has 0 radical (unpaired) electrons. The summed E-state index contributed by atoms with van der Waals surface area (Å²) in [5, 5.41) is 9.03. The maximum Gasteiger partial charge on any atom is 0.262 e. The van der Waals surface area contributed by atoms with Crippen LogP contribution in [0.4, 0.5) is 0 Å². The van der Waals surface area contributed by atoms with Crippen LogP contribution in [0.2, 0.25) is 0 Å². The first kappa shape index (κ1) is 20.8. The zero-order valence-electron chi connectivity index (χ0n) is 15.7. The minimum absolute atomic E-state index is 0.0527. The van der Waals surface area contributed by atoms with E-state index in [-0.39, 0.29) is 30.4 Å². The number of benzene rings is 2. The van der Waals surface area contributed by atoms with Gasteiger partial charge in [-0.05, 0) is 29.8 Å². The molecule has 0 saturated carbocycles. The van der Waals surface area contributed by atoms with Crippen LogP contribution in [0.3, 0.4) is 0 Å². The second-order valence-corrected chi connectivity index (χ2v) is 8.37. The molecule has 9 nitrogen and oxygen atoms in total. The maximum absolute atomic E-state index is 13.2. The Morgan fingerprint density at radius 2 is 1.83 bits per heavy atom. The molecule has 1 atom stereocenters. The summed E-state index contributed by atoms with van der Waals surface area (Å²) >= 11 is 0. The molecule has 1 fully saturated rings. The van der Waals surface area contributed by atoms with Crippen molar-refractivity contribution in [3.63, 3.8) is 0 Å². The van der Waals surface area contributed by atoms with Gasteiger partial charge in [0.15, 0.2) is 0 Å². The predicted octanol–water partition coefficient (Wildman–Crippen LogP) is 0.950. The van der Waals surface area contributed by atoms with Crippen molar-refractivity contribution >= 4 is 21.8 Å². The molecular formula is C19H21N3O6S. The lowest BCUT2D eigenvalue weighted by molar-refractivity contribution is -0.146. The molecule has 1 aliphatic rings. The molecule has 10 heteroatoms. The molecule has 2 aromatic rings. The van der Waals surface area contributed by atoms with Crippen LogP contribution in [0.15, 0.2) is 59.5 Å². The fraction of sp³-hybridized carbons (Fsp3) is 0.263. The second-order valence-electron chi connectivity index (χ2n) is 6.48. The van der Waals surface area contributed by atoms with Gasteiger partial charge in [-0.1, -0.05) is 30.3 Å². The van der Waals surface area contributed by atoms with Gasteiger partial charge in [-0.15, -0.1) is 0 Å². The van der Waals surface area contributed by atoms with Crippen LogP contribution in [0.1, 0.15) is 12.0 Å². The summed E-state index contributed by atoms with van der Waals surface area (Å²) in [4.78, 5) is 26.0. The first-order chi connectivity index (χ1) is 13.9. The van der Waals surface area contributed by atoms with E-state index in [1.165, 1.54) is 41.8 Å². The van der Waals surface area contributed by atoms with E-state index < -0.39 is 22.0 Å². The normalized spacial score (nSPS) is 17.8. The Morgan fingerprint density at radius 3 is 2.41 bits per heavy atom. The van der Waals surface area contributed by atoms with Gasteiger partial charge in [-0.25, -0.2) is 13.9 Å². The van der Waals surface area contributed by atoms with Gasteiger partial charge in [-0.3, -0.25) is 14.8 Å². The number of hydrogen-bond acceptors (Lipinski definition) is 6. The molecule has 0 spiro atoms. The lowest BCUT2D eigenvalue weighted by Gasteiger charge is -2.39. The minimum Gasteiger partial charge on any atom is -0.497 e.